The molecule has 5 nitrogen and oxygen atoms in total. The van der Waals surface area contributed by atoms with Crippen molar-refractivity contribution in [2.75, 3.05) is 26.3 Å². The highest BCUT2D eigenvalue weighted by molar-refractivity contribution is 5.77. The lowest BCUT2D eigenvalue weighted by Crippen LogP contribution is -2.45. The first kappa shape index (κ1) is 17.1. The third kappa shape index (κ3) is 4.21. The zero-order chi connectivity index (χ0) is 17.6. The molecule has 0 spiro atoms. The van der Waals surface area contributed by atoms with Crippen molar-refractivity contribution in [2.45, 2.75) is 13.0 Å². The zero-order valence-electron chi connectivity index (χ0n) is 14.0. The average Bonchev–Trinajstić information content (AvgIpc) is 2.65. The molecule has 1 unspecified atom stereocenters. The summed E-state index contributed by atoms with van der Waals surface area (Å²) in [4.78, 5) is 14.0. The Kier molecular flexibility index (Phi) is 5.38. The first-order chi connectivity index (χ1) is 12.2. The van der Waals surface area contributed by atoms with Gasteiger partial charge >= 0.3 is 0 Å². The van der Waals surface area contributed by atoms with Gasteiger partial charge in [0, 0.05) is 6.54 Å². The lowest BCUT2D eigenvalue weighted by molar-refractivity contribution is -0.134. The molecule has 6 heteroatoms. The number of para-hydroxylation sites is 3. The van der Waals surface area contributed by atoms with E-state index in [-0.39, 0.29) is 24.4 Å². The third-order valence-corrected chi connectivity index (χ3v) is 3.91. The fourth-order valence-corrected chi connectivity index (χ4v) is 2.60. The van der Waals surface area contributed by atoms with E-state index < -0.39 is 5.82 Å². The largest absolute Gasteiger partial charge is 0.486 e. The number of hydrogen-bond donors (Lipinski definition) is 0. The molecule has 132 valence electrons. The van der Waals surface area contributed by atoms with Crippen LogP contribution < -0.4 is 14.2 Å². The number of amides is 1. The van der Waals surface area contributed by atoms with Gasteiger partial charge in [-0.25, -0.2) is 4.39 Å². The summed E-state index contributed by atoms with van der Waals surface area (Å²) in [5.41, 5.74) is 0. The number of hydrogen-bond acceptors (Lipinski definition) is 4. The van der Waals surface area contributed by atoms with Crippen molar-refractivity contribution in [3.05, 3.63) is 54.3 Å². The van der Waals surface area contributed by atoms with Crippen molar-refractivity contribution in [1.29, 1.82) is 0 Å². The predicted octanol–water partition coefficient (Wildman–Crippen LogP) is 2.89. The molecule has 25 heavy (non-hydrogen) atoms. The second kappa shape index (κ2) is 7.88. The van der Waals surface area contributed by atoms with Crippen LogP contribution in [0.2, 0.25) is 0 Å². The topological polar surface area (TPSA) is 48.0 Å². The van der Waals surface area contributed by atoms with Crippen LogP contribution >= 0.6 is 0 Å². The first-order valence-electron chi connectivity index (χ1n) is 8.21. The van der Waals surface area contributed by atoms with Gasteiger partial charge < -0.3 is 19.1 Å². The molecule has 1 aliphatic heterocycles. The van der Waals surface area contributed by atoms with E-state index in [9.17, 15) is 9.18 Å². The van der Waals surface area contributed by atoms with Crippen LogP contribution in [0.3, 0.4) is 0 Å². The zero-order valence-corrected chi connectivity index (χ0v) is 14.0. The van der Waals surface area contributed by atoms with Gasteiger partial charge in [-0.3, -0.25) is 4.79 Å². The number of fused-ring (bicyclic) bond motifs is 1. The molecule has 0 N–H and O–H groups in total. The second-order valence-electron chi connectivity index (χ2n) is 5.65. The molecule has 2 aromatic rings. The van der Waals surface area contributed by atoms with Crippen molar-refractivity contribution in [3.8, 4) is 17.2 Å². The second-order valence-corrected chi connectivity index (χ2v) is 5.65. The minimum absolute atomic E-state index is 0.0677. The Morgan fingerprint density at radius 2 is 1.92 bits per heavy atom. The number of benzene rings is 2. The van der Waals surface area contributed by atoms with Crippen LogP contribution in [0, 0.1) is 5.82 Å². The molecule has 0 aromatic heterocycles. The molecule has 1 heterocycles. The van der Waals surface area contributed by atoms with Crippen LogP contribution in [-0.4, -0.2) is 43.2 Å². The molecule has 0 bridgehead atoms. The Balaban J connectivity index is 1.55. The minimum Gasteiger partial charge on any atom is -0.486 e. The maximum atomic E-state index is 13.6. The summed E-state index contributed by atoms with van der Waals surface area (Å²) in [6.45, 7) is 2.90. The Morgan fingerprint density at radius 1 is 1.20 bits per heavy atom. The molecule has 0 radical (unpaired) electrons. The van der Waals surface area contributed by atoms with Crippen LogP contribution in [0.4, 0.5) is 4.39 Å². The Morgan fingerprint density at radius 3 is 2.68 bits per heavy atom. The summed E-state index contributed by atoms with van der Waals surface area (Å²) in [6.07, 6.45) is -0.257. The van der Waals surface area contributed by atoms with Crippen LogP contribution in [0.1, 0.15) is 6.92 Å². The monoisotopic (exact) mass is 345 g/mol. The summed E-state index contributed by atoms with van der Waals surface area (Å²) in [6, 6.07) is 13.4. The number of halogens is 1. The number of rotatable bonds is 6. The molecule has 0 saturated carbocycles. The summed E-state index contributed by atoms with van der Waals surface area (Å²) in [5, 5.41) is 0. The van der Waals surface area contributed by atoms with Gasteiger partial charge in [0.2, 0.25) is 0 Å². The van der Waals surface area contributed by atoms with Gasteiger partial charge in [-0.1, -0.05) is 24.3 Å². The van der Waals surface area contributed by atoms with Gasteiger partial charge in [0.15, 0.2) is 35.8 Å². The fraction of sp³-hybridized carbons (Fsp3) is 0.316. The number of likely N-dealkylation sites (N-methyl/N-ethyl adjacent to an activating group) is 1. The molecule has 2 aromatic carbocycles. The highest BCUT2D eigenvalue weighted by Gasteiger charge is 2.25. The van der Waals surface area contributed by atoms with Crippen LogP contribution in [-0.2, 0) is 4.79 Å². The van der Waals surface area contributed by atoms with Crippen molar-refractivity contribution >= 4 is 5.91 Å². The van der Waals surface area contributed by atoms with Crippen molar-refractivity contribution < 1.29 is 23.4 Å². The number of carbonyl (C=O) groups is 1. The van der Waals surface area contributed by atoms with E-state index in [1.165, 1.54) is 12.1 Å². The van der Waals surface area contributed by atoms with Gasteiger partial charge in [-0.15, -0.1) is 0 Å². The fourth-order valence-electron chi connectivity index (χ4n) is 2.60. The summed E-state index contributed by atoms with van der Waals surface area (Å²) >= 11 is 0. The molecule has 1 amide bonds. The van der Waals surface area contributed by atoms with Gasteiger partial charge in [0.1, 0.15) is 6.61 Å². The molecular formula is C19H20FNO4. The number of ether oxygens (including phenoxy) is 3. The van der Waals surface area contributed by atoms with Crippen LogP contribution in [0.5, 0.6) is 17.2 Å². The smallest absolute Gasteiger partial charge is 0.260 e. The highest BCUT2D eigenvalue weighted by Crippen LogP contribution is 2.31. The van der Waals surface area contributed by atoms with Gasteiger partial charge in [-0.2, -0.15) is 0 Å². The van der Waals surface area contributed by atoms with E-state index in [1.807, 2.05) is 31.2 Å². The SMILES string of the molecule is CCN(CC1COc2ccccc2O1)C(=O)COc1ccccc1F. The van der Waals surface area contributed by atoms with Gasteiger partial charge in [-0.05, 0) is 31.2 Å². The Bertz CT molecular complexity index is 737. The quantitative estimate of drug-likeness (QED) is 0.808. The van der Waals surface area contributed by atoms with Crippen molar-refractivity contribution in [2.24, 2.45) is 0 Å². The van der Waals surface area contributed by atoms with E-state index in [0.29, 0.717) is 31.2 Å². The molecule has 0 saturated heterocycles. The normalized spacial score (nSPS) is 15.5. The van der Waals surface area contributed by atoms with Crippen LogP contribution in [0.25, 0.3) is 0 Å². The van der Waals surface area contributed by atoms with E-state index in [0.717, 1.165) is 0 Å². The summed E-state index contributed by atoms with van der Waals surface area (Å²) < 4.78 is 30.4. The Labute approximate surface area is 145 Å². The molecule has 0 fully saturated rings. The van der Waals surface area contributed by atoms with Gasteiger partial charge in [0.05, 0.1) is 6.54 Å². The molecular weight excluding hydrogens is 325 g/mol. The molecule has 1 atom stereocenters. The standard InChI is InChI=1S/C19H20FNO4/c1-2-21(19(22)13-24-16-8-4-3-7-15(16)20)11-14-12-23-17-9-5-6-10-18(17)25-14/h3-10,14H,2,11-13H2,1H3. The van der Waals surface area contributed by atoms with E-state index in [2.05, 4.69) is 0 Å². The van der Waals surface area contributed by atoms with Gasteiger partial charge in [0.25, 0.3) is 5.91 Å². The van der Waals surface area contributed by atoms with E-state index >= 15 is 0 Å². The summed E-state index contributed by atoms with van der Waals surface area (Å²) in [7, 11) is 0. The molecule has 3 rings (SSSR count). The van der Waals surface area contributed by atoms with Crippen molar-refractivity contribution in [1.82, 2.24) is 4.90 Å². The Hall–Kier alpha value is -2.76. The number of nitrogens with zero attached hydrogens (tertiary/aromatic N) is 1. The number of carbonyl (C=O) groups excluding carboxylic acids is 1. The van der Waals surface area contributed by atoms with E-state index in [4.69, 9.17) is 14.2 Å². The van der Waals surface area contributed by atoms with Crippen LogP contribution in [0.15, 0.2) is 48.5 Å². The summed E-state index contributed by atoms with van der Waals surface area (Å²) in [5.74, 6) is 0.728. The third-order valence-electron chi connectivity index (χ3n) is 3.91. The molecule has 0 aliphatic carbocycles. The highest BCUT2D eigenvalue weighted by atomic mass is 19.1. The molecule has 1 aliphatic rings. The maximum Gasteiger partial charge on any atom is 0.260 e. The minimum atomic E-state index is -0.487. The van der Waals surface area contributed by atoms with Crippen molar-refractivity contribution in [3.63, 3.8) is 0 Å². The lowest BCUT2D eigenvalue weighted by Gasteiger charge is -2.30. The maximum absolute atomic E-state index is 13.6. The predicted molar refractivity (Wildman–Crippen MR) is 90.5 cm³/mol. The lowest BCUT2D eigenvalue weighted by atomic mass is 10.2. The first-order valence-corrected chi connectivity index (χ1v) is 8.21. The van der Waals surface area contributed by atoms with E-state index in [1.54, 1.807) is 17.0 Å². The average molecular weight is 345 g/mol.